The van der Waals surface area contributed by atoms with Crippen molar-refractivity contribution in [1.29, 1.82) is 0 Å². The molecule has 1 saturated heterocycles. The van der Waals surface area contributed by atoms with Crippen molar-refractivity contribution < 1.29 is 9.09 Å². The molecule has 1 aromatic carbocycles. The van der Waals surface area contributed by atoms with Crippen LogP contribution < -0.4 is 5.32 Å². The summed E-state index contributed by atoms with van der Waals surface area (Å²) >= 11 is 5.32. The second kappa shape index (κ2) is 4.89. The fourth-order valence-electron chi connectivity index (χ4n) is 2.57. The lowest BCUT2D eigenvalue weighted by Gasteiger charge is -2.41. The van der Waals surface area contributed by atoms with Crippen LogP contribution >= 0.6 is 19.7 Å². The van der Waals surface area contributed by atoms with Gasteiger partial charge in [-0.15, -0.1) is 0 Å². The van der Waals surface area contributed by atoms with Gasteiger partial charge in [0, 0.05) is 19.7 Å². The van der Waals surface area contributed by atoms with Crippen molar-refractivity contribution >= 4 is 24.8 Å². The number of benzene rings is 1. The molecule has 19 heavy (non-hydrogen) atoms. The van der Waals surface area contributed by atoms with Crippen LogP contribution in [0.15, 0.2) is 30.3 Å². The van der Waals surface area contributed by atoms with E-state index in [0.29, 0.717) is 11.7 Å². The van der Waals surface area contributed by atoms with Crippen molar-refractivity contribution in [3.05, 3.63) is 35.9 Å². The molecule has 0 amide bonds. The average molecular weight is 296 g/mol. The first-order valence-corrected chi connectivity index (χ1v) is 8.50. The molecule has 1 saturated carbocycles. The molecule has 102 valence electrons. The number of nitrogens with one attached hydrogen (secondary N) is 1. The monoisotopic (exact) mass is 296 g/mol. The summed E-state index contributed by atoms with van der Waals surface area (Å²) in [6.07, 6.45) is 2.08. The topological polar surface area (TPSA) is 41.6 Å². The van der Waals surface area contributed by atoms with Crippen molar-refractivity contribution in [1.82, 2.24) is 9.99 Å². The first-order valence-electron chi connectivity index (χ1n) is 6.45. The molecular formula is C13H17N2O2PS. The van der Waals surface area contributed by atoms with Crippen molar-refractivity contribution in [3.63, 3.8) is 0 Å². The van der Waals surface area contributed by atoms with Crippen LogP contribution in [0, 0.1) is 0 Å². The molecule has 6 heteroatoms. The molecule has 1 heterocycles. The standard InChI is InChI=1S/C13H17N2O2PS/c1-17-18(16)12(10-5-3-2-4-6-10)9-14-13(19)15(18)11-7-8-11/h2-6,11-12H,7-9H2,1H3,(H,14,19). The largest absolute Gasteiger partial charge is 0.361 e. The third kappa shape index (κ3) is 2.20. The van der Waals surface area contributed by atoms with E-state index in [1.807, 2.05) is 35.0 Å². The van der Waals surface area contributed by atoms with Crippen molar-refractivity contribution in [3.8, 4) is 0 Å². The summed E-state index contributed by atoms with van der Waals surface area (Å²) in [5.74, 6) is 0. The summed E-state index contributed by atoms with van der Waals surface area (Å²) < 4.78 is 20.6. The molecular weight excluding hydrogens is 279 g/mol. The molecule has 1 aliphatic heterocycles. The van der Waals surface area contributed by atoms with Crippen LogP contribution in [-0.2, 0) is 9.09 Å². The predicted molar refractivity (Wildman–Crippen MR) is 79.3 cm³/mol. The Balaban J connectivity index is 2.00. The maximum Gasteiger partial charge on any atom is 0.307 e. The zero-order chi connectivity index (χ0) is 13.5. The highest BCUT2D eigenvalue weighted by atomic mass is 32.1. The maximum absolute atomic E-state index is 13.3. The summed E-state index contributed by atoms with van der Waals surface area (Å²) in [7, 11) is -1.43. The molecule has 0 aromatic heterocycles. The van der Waals surface area contributed by atoms with E-state index < -0.39 is 7.52 Å². The van der Waals surface area contributed by atoms with Crippen LogP contribution in [0.1, 0.15) is 24.1 Å². The van der Waals surface area contributed by atoms with Gasteiger partial charge in [0.15, 0.2) is 5.11 Å². The lowest BCUT2D eigenvalue weighted by molar-refractivity contribution is 0.325. The maximum atomic E-state index is 13.3. The Bertz CT molecular complexity index is 533. The van der Waals surface area contributed by atoms with E-state index in [1.165, 1.54) is 7.11 Å². The third-order valence-electron chi connectivity index (χ3n) is 3.69. The Morgan fingerprint density at radius 3 is 2.63 bits per heavy atom. The van der Waals surface area contributed by atoms with Gasteiger partial charge in [-0.1, -0.05) is 30.3 Å². The molecule has 1 aliphatic carbocycles. The van der Waals surface area contributed by atoms with Gasteiger partial charge in [0.1, 0.15) is 0 Å². The van der Waals surface area contributed by atoms with Crippen molar-refractivity contribution in [2.24, 2.45) is 0 Å². The molecule has 2 unspecified atom stereocenters. The normalized spacial score (nSPS) is 31.1. The number of hydrogen-bond acceptors (Lipinski definition) is 3. The van der Waals surface area contributed by atoms with Crippen LogP contribution in [-0.4, -0.2) is 29.5 Å². The number of rotatable bonds is 3. The Hall–Kier alpha value is -0.900. The first-order chi connectivity index (χ1) is 9.16. The van der Waals surface area contributed by atoms with Crippen LogP contribution in [0.4, 0.5) is 0 Å². The van der Waals surface area contributed by atoms with Gasteiger partial charge < -0.3 is 9.84 Å². The molecule has 2 aliphatic rings. The minimum Gasteiger partial charge on any atom is -0.361 e. The van der Waals surface area contributed by atoms with Gasteiger partial charge >= 0.3 is 7.52 Å². The molecule has 0 bridgehead atoms. The second-order valence-electron chi connectivity index (χ2n) is 4.93. The van der Waals surface area contributed by atoms with Gasteiger partial charge in [0.05, 0.1) is 5.66 Å². The minimum atomic E-state index is -2.96. The lowest BCUT2D eigenvalue weighted by Crippen LogP contribution is -2.47. The van der Waals surface area contributed by atoms with Gasteiger partial charge in [-0.2, -0.15) is 0 Å². The van der Waals surface area contributed by atoms with E-state index in [4.69, 9.17) is 16.7 Å². The summed E-state index contributed by atoms with van der Waals surface area (Å²) in [4.78, 5) is 0. The van der Waals surface area contributed by atoms with E-state index in [2.05, 4.69) is 5.32 Å². The summed E-state index contributed by atoms with van der Waals surface area (Å²) in [5.41, 5.74) is 0.874. The Morgan fingerprint density at radius 1 is 1.37 bits per heavy atom. The predicted octanol–water partition coefficient (Wildman–Crippen LogP) is 2.92. The molecule has 3 rings (SSSR count). The van der Waals surface area contributed by atoms with E-state index in [-0.39, 0.29) is 11.7 Å². The van der Waals surface area contributed by atoms with Gasteiger partial charge in [0.25, 0.3) is 0 Å². The smallest absolute Gasteiger partial charge is 0.307 e. The highest BCUT2D eigenvalue weighted by Crippen LogP contribution is 2.66. The quantitative estimate of drug-likeness (QED) is 0.686. The number of thiocarbonyl (C=S) groups is 1. The highest BCUT2D eigenvalue weighted by Gasteiger charge is 2.51. The number of nitrogens with zero attached hydrogens (tertiary/aromatic N) is 1. The second-order valence-corrected chi connectivity index (χ2v) is 7.87. The van der Waals surface area contributed by atoms with Gasteiger partial charge in [0.2, 0.25) is 0 Å². The SMILES string of the molecule is COP1(=O)C(c2ccccc2)CNC(=S)N1C1CC1. The van der Waals surface area contributed by atoms with E-state index >= 15 is 0 Å². The molecule has 1 aromatic rings. The number of hydrogen-bond donors (Lipinski definition) is 1. The van der Waals surface area contributed by atoms with Crippen LogP contribution in [0.3, 0.4) is 0 Å². The lowest BCUT2D eigenvalue weighted by atomic mass is 10.1. The van der Waals surface area contributed by atoms with Crippen LogP contribution in [0.5, 0.6) is 0 Å². The molecule has 2 atom stereocenters. The third-order valence-corrected chi connectivity index (χ3v) is 7.08. The average Bonchev–Trinajstić information content (AvgIpc) is 3.24. The first kappa shape index (κ1) is 13.1. The Morgan fingerprint density at radius 2 is 2.05 bits per heavy atom. The minimum absolute atomic E-state index is 0.161. The molecule has 0 radical (unpaired) electrons. The van der Waals surface area contributed by atoms with E-state index in [0.717, 1.165) is 18.4 Å². The van der Waals surface area contributed by atoms with E-state index in [1.54, 1.807) is 0 Å². The van der Waals surface area contributed by atoms with Crippen molar-refractivity contribution in [2.45, 2.75) is 24.5 Å². The van der Waals surface area contributed by atoms with E-state index in [9.17, 15) is 4.57 Å². The zero-order valence-electron chi connectivity index (χ0n) is 10.8. The molecule has 2 fully saturated rings. The summed E-state index contributed by atoms with van der Waals surface area (Å²) in [6.45, 7) is 0.567. The highest BCUT2D eigenvalue weighted by molar-refractivity contribution is 7.81. The molecule has 1 N–H and O–H groups in total. The Kier molecular flexibility index (Phi) is 3.37. The molecule has 4 nitrogen and oxygen atoms in total. The van der Waals surface area contributed by atoms with Gasteiger partial charge in [-0.25, -0.2) is 0 Å². The van der Waals surface area contributed by atoms with Gasteiger partial charge in [-0.3, -0.25) is 9.24 Å². The Labute approximate surface area is 118 Å². The summed E-state index contributed by atoms with van der Waals surface area (Å²) in [5, 5.41) is 3.77. The van der Waals surface area contributed by atoms with Crippen molar-refractivity contribution in [2.75, 3.05) is 13.7 Å². The summed E-state index contributed by atoms with van der Waals surface area (Å²) in [6, 6.07) is 10.2. The zero-order valence-corrected chi connectivity index (χ0v) is 12.5. The fraction of sp³-hybridized carbons (Fsp3) is 0.462. The molecule has 0 spiro atoms. The van der Waals surface area contributed by atoms with Crippen LogP contribution in [0.2, 0.25) is 0 Å². The van der Waals surface area contributed by atoms with Crippen LogP contribution in [0.25, 0.3) is 0 Å². The van der Waals surface area contributed by atoms with Gasteiger partial charge in [-0.05, 0) is 30.6 Å². The fourth-order valence-corrected chi connectivity index (χ4v) is 5.75.